The molecule has 0 radical (unpaired) electrons. The van der Waals surface area contributed by atoms with Crippen molar-refractivity contribution < 1.29 is 9.53 Å². The van der Waals surface area contributed by atoms with Crippen molar-refractivity contribution in [3.05, 3.63) is 16.1 Å². The number of amides is 1. The van der Waals surface area contributed by atoms with Crippen LogP contribution in [0, 0.1) is 0 Å². The van der Waals surface area contributed by atoms with E-state index in [1.54, 1.807) is 18.4 Å². The van der Waals surface area contributed by atoms with Crippen molar-refractivity contribution in [2.45, 2.75) is 76.0 Å². The average Bonchev–Trinajstić information content (AvgIpc) is 3.24. The topological polar surface area (TPSA) is 42.4 Å². The molecule has 4 nitrogen and oxygen atoms in total. The van der Waals surface area contributed by atoms with Crippen molar-refractivity contribution in [3.63, 3.8) is 0 Å². The number of nitrogens with zero attached hydrogens (tertiary/aromatic N) is 2. The van der Waals surface area contributed by atoms with Crippen LogP contribution in [0.25, 0.3) is 0 Å². The van der Waals surface area contributed by atoms with E-state index in [1.807, 2.05) is 11.1 Å². The third kappa shape index (κ3) is 3.69. The van der Waals surface area contributed by atoms with E-state index in [0.717, 1.165) is 38.6 Å². The number of hydrogen-bond acceptors (Lipinski definition) is 4. The van der Waals surface area contributed by atoms with Crippen LogP contribution in [0.2, 0.25) is 0 Å². The average molecular weight is 322 g/mol. The molecule has 0 aliphatic heterocycles. The Balaban J connectivity index is 1.57. The fourth-order valence-electron chi connectivity index (χ4n) is 3.80. The maximum Gasteiger partial charge on any atom is 0.210 e. The van der Waals surface area contributed by atoms with E-state index in [4.69, 9.17) is 4.74 Å². The van der Waals surface area contributed by atoms with Crippen LogP contribution in [0.1, 0.15) is 67.2 Å². The quantitative estimate of drug-likeness (QED) is 0.750. The van der Waals surface area contributed by atoms with E-state index in [9.17, 15) is 4.79 Å². The summed E-state index contributed by atoms with van der Waals surface area (Å²) in [6.07, 6.45) is 12.8. The minimum Gasteiger partial charge on any atom is -0.381 e. The summed E-state index contributed by atoms with van der Waals surface area (Å²) in [5, 5.41) is 1.28. The molecular weight excluding hydrogens is 296 g/mol. The lowest BCUT2D eigenvalue weighted by molar-refractivity contribution is -0.122. The van der Waals surface area contributed by atoms with Crippen LogP contribution < -0.4 is 0 Å². The van der Waals surface area contributed by atoms with Crippen LogP contribution in [0.15, 0.2) is 6.20 Å². The Morgan fingerprint density at radius 1 is 1.27 bits per heavy atom. The van der Waals surface area contributed by atoms with Gasteiger partial charge in [-0.3, -0.25) is 4.79 Å². The summed E-state index contributed by atoms with van der Waals surface area (Å²) in [7, 11) is 1.78. The summed E-state index contributed by atoms with van der Waals surface area (Å²) in [6, 6.07) is 0.362. The van der Waals surface area contributed by atoms with Crippen molar-refractivity contribution in [1.82, 2.24) is 9.88 Å². The zero-order valence-corrected chi connectivity index (χ0v) is 14.2. The summed E-state index contributed by atoms with van der Waals surface area (Å²) in [4.78, 5) is 19.3. The Bertz CT molecular complexity index is 477. The van der Waals surface area contributed by atoms with Crippen LogP contribution in [-0.4, -0.2) is 35.5 Å². The van der Waals surface area contributed by atoms with Gasteiger partial charge in [0.15, 0.2) is 0 Å². The lowest BCUT2D eigenvalue weighted by Gasteiger charge is -2.34. The second kappa shape index (κ2) is 7.55. The van der Waals surface area contributed by atoms with Gasteiger partial charge in [-0.1, -0.05) is 12.8 Å². The molecule has 1 heterocycles. The molecule has 22 heavy (non-hydrogen) atoms. The normalized spacial score (nSPS) is 26.2. The van der Waals surface area contributed by atoms with Gasteiger partial charge in [0.25, 0.3) is 0 Å². The summed E-state index contributed by atoms with van der Waals surface area (Å²) in [5.41, 5.74) is 0. The lowest BCUT2D eigenvalue weighted by atomic mass is 9.92. The molecular formula is C17H26N2O2S. The third-order valence-corrected chi connectivity index (χ3v) is 6.34. The summed E-state index contributed by atoms with van der Waals surface area (Å²) >= 11 is 1.81. The van der Waals surface area contributed by atoms with Gasteiger partial charge in [0.1, 0.15) is 0 Å². The molecule has 0 N–H and O–H groups in total. The fourth-order valence-corrected chi connectivity index (χ4v) is 4.90. The van der Waals surface area contributed by atoms with Crippen molar-refractivity contribution in [1.29, 1.82) is 0 Å². The Hall–Kier alpha value is -0.940. The third-order valence-electron chi connectivity index (χ3n) is 5.20. The molecule has 0 spiro atoms. The number of carbonyl (C=O) groups excluding carboxylic acids is 1. The second-order valence-corrected chi connectivity index (χ2v) is 7.74. The molecule has 0 unspecified atom stereocenters. The first kappa shape index (κ1) is 15.9. The standard InChI is InChI=1S/C17H26N2O2S/c1-21-15-8-6-14(7-9-15)19(12-20)11-16-10-18-17(22-16)13-4-2-3-5-13/h10,12-15H,2-9,11H2,1H3. The van der Waals surface area contributed by atoms with Crippen LogP contribution in [0.5, 0.6) is 0 Å². The van der Waals surface area contributed by atoms with Gasteiger partial charge in [-0.25, -0.2) is 4.98 Å². The first-order valence-electron chi connectivity index (χ1n) is 8.48. The number of rotatable bonds is 6. The Labute approximate surface area is 136 Å². The highest BCUT2D eigenvalue weighted by molar-refractivity contribution is 7.11. The monoisotopic (exact) mass is 322 g/mol. The molecule has 2 fully saturated rings. The van der Waals surface area contributed by atoms with E-state index in [0.29, 0.717) is 18.1 Å². The van der Waals surface area contributed by atoms with Gasteiger partial charge in [0.05, 0.1) is 17.7 Å². The molecule has 122 valence electrons. The Kier molecular flexibility index (Phi) is 5.47. The van der Waals surface area contributed by atoms with Gasteiger partial charge in [0.2, 0.25) is 6.41 Å². The summed E-state index contributed by atoms with van der Waals surface area (Å²) in [5.74, 6) is 0.667. The predicted octanol–water partition coefficient (Wildman–Crippen LogP) is 3.72. The number of ether oxygens (including phenoxy) is 1. The number of hydrogen-bond donors (Lipinski definition) is 0. The van der Waals surface area contributed by atoms with E-state index in [-0.39, 0.29) is 0 Å². The minimum atomic E-state index is 0.362. The van der Waals surface area contributed by atoms with Gasteiger partial charge in [-0.05, 0) is 38.5 Å². The van der Waals surface area contributed by atoms with E-state index >= 15 is 0 Å². The number of carbonyl (C=O) groups is 1. The second-order valence-electron chi connectivity index (χ2n) is 6.59. The van der Waals surface area contributed by atoms with Crippen LogP contribution in [0.3, 0.4) is 0 Å². The highest BCUT2D eigenvalue weighted by atomic mass is 32.1. The fraction of sp³-hybridized carbons (Fsp3) is 0.765. The zero-order chi connectivity index (χ0) is 15.4. The summed E-state index contributed by atoms with van der Waals surface area (Å²) in [6.45, 7) is 0.718. The maximum absolute atomic E-state index is 11.5. The lowest BCUT2D eigenvalue weighted by Crippen LogP contribution is -2.38. The van der Waals surface area contributed by atoms with Crippen molar-refractivity contribution in [2.24, 2.45) is 0 Å². The van der Waals surface area contributed by atoms with Crippen LogP contribution in [-0.2, 0) is 16.1 Å². The zero-order valence-electron chi connectivity index (χ0n) is 13.4. The molecule has 2 saturated carbocycles. The Morgan fingerprint density at radius 2 is 2.00 bits per heavy atom. The minimum absolute atomic E-state index is 0.362. The van der Waals surface area contributed by atoms with Crippen molar-refractivity contribution in [2.75, 3.05) is 7.11 Å². The van der Waals surface area contributed by atoms with Gasteiger partial charge in [-0.15, -0.1) is 11.3 Å². The molecule has 1 amide bonds. The highest BCUT2D eigenvalue weighted by Gasteiger charge is 2.26. The van der Waals surface area contributed by atoms with Crippen molar-refractivity contribution in [3.8, 4) is 0 Å². The van der Waals surface area contributed by atoms with Gasteiger partial charge >= 0.3 is 0 Å². The molecule has 0 aromatic carbocycles. The molecule has 0 bridgehead atoms. The first-order valence-corrected chi connectivity index (χ1v) is 9.30. The molecule has 0 saturated heterocycles. The molecule has 5 heteroatoms. The SMILES string of the molecule is COC1CCC(N(C=O)Cc2cnc(C3CCCC3)s2)CC1. The molecule has 1 aromatic heterocycles. The van der Waals surface area contributed by atoms with Gasteiger partial charge in [-0.2, -0.15) is 0 Å². The molecule has 0 atom stereocenters. The highest BCUT2D eigenvalue weighted by Crippen LogP contribution is 2.36. The first-order chi connectivity index (χ1) is 10.8. The van der Waals surface area contributed by atoms with E-state index in [1.165, 1.54) is 35.6 Å². The number of thiazole rings is 1. The van der Waals surface area contributed by atoms with Gasteiger partial charge < -0.3 is 9.64 Å². The largest absolute Gasteiger partial charge is 0.381 e. The Morgan fingerprint density at radius 3 is 2.64 bits per heavy atom. The maximum atomic E-state index is 11.5. The van der Waals surface area contributed by atoms with E-state index < -0.39 is 0 Å². The smallest absolute Gasteiger partial charge is 0.210 e. The molecule has 1 aromatic rings. The molecule has 2 aliphatic carbocycles. The van der Waals surface area contributed by atoms with Crippen molar-refractivity contribution >= 4 is 17.7 Å². The summed E-state index contributed by atoms with van der Waals surface area (Å²) < 4.78 is 5.42. The predicted molar refractivity (Wildman–Crippen MR) is 88.0 cm³/mol. The van der Waals surface area contributed by atoms with E-state index in [2.05, 4.69) is 4.98 Å². The van der Waals surface area contributed by atoms with Crippen LogP contribution in [0.4, 0.5) is 0 Å². The van der Waals surface area contributed by atoms with Gasteiger partial charge in [0, 0.05) is 30.1 Å². The molecule has 3 rings (SSSR count). The van der Waals surface area contributed by atoms with Crippen LogP contribution >= 0.6 is 11.3 Å². The number of aromatic nitrogens is 1. The molecule has 2 aliphatic rings. The number of methoxy groups -OCH3 is 1.